The Hall–Kier alpha value is -2.37. The van der Waals surface area contributed by atoms with Gasteiger partial charge in [0.1, 0.15) is 0 Å². The van der Waals surface area contributed by atoms with Crippen molar-refractivity contribution < 1.29 is 26.5 Å². The van der Waals surface area contributed by atoms with Crippen LogP contribution in [0.4, 0.5) is 11.4 Å². The fraction of sp³-hybridized carbons (Fsp3) is 0.333. The van der Waals surface area contributed by atoms with Crippen molar-refractivity contribution in [3.8, 4) is 0 Å². The molecule has 0 amide bonds. The number of hydrogen-bond donors (Lipinski definition) is 2. The molecule has 1 aliphatic carbocycles. The molecule has 0 saturated carbocycles. The zero-order valence-corrected chi connectivity index (χ0v) is 17.0. The lowest BCUT2D eigenvalue weighted by atomic mass is 9.81. The van der Waals surface area contributed by atoms with Crippen molar-refractivity contribution in [3.63, 3.8) is 0 Å². The molecule has 0 aliphatic heterocycles. The molecule has 2 aromatic rings. The number of fused-ring (bicyclic) bond motifs is 2. The van der Waals surface area contributed by atoms with Gasteiger partial charge in [0, 0.05) is 35.5 Å². The Balaban J connectivity index is 0.00000261. The van der Waals surface area contributed by atoms with Crippen LogP contribution >= 0.6 is 0 Å². The van der Waals surface area contributed by atoms with Gasteiger partial charge in [-0.1, -0.05) is 24.3 Å². The minimum absolute atomic E-state index is 0. The summed E-state index contributed by atoms with van der Waals surface area (Å²) in [6, 6.07) is 8.81. The number of nitrogens with one attached hydrogen (secondary N) is 1. The first-order valence-electron chi connectivity index (χ1n) is 8.86. The van der Waals surface area contributed by atoms with E-state index in [1.165, 1.54) is 0 Å². The molecule has 0 saturated heterocycles. The van der Waals surface area contributed by atoms with Gasteiger partial charge >= 0.3 is 0 Å². The number of carbonyl (C=O) groups is 2. The lowest BCUT2D eigenvalue weighted by Crippen LogP contribution is -3.00. The molecule has 3 N–H and O–H groups in total. The fourth-order valence-electron chi connectivity index (χ4n) is 3.37. The molecule has 144 valence electrons. The van der Waals surface area contributed by atoms with Gasteiger partial charge in [-0.15, -0.1) is 0 Å². The molecule has 5 nitrogen and oxygen atoms in total. The van der Waals surface area contributed by atoms with Gasteiger partial charge in [0.05, 0.1) is 38.8 Å². The summed E-state index contributed by atoms with van der Waals surface area (Å²) in [6.45, 7) is 3.61. The summed E-state index contributed by atoms with van der Waals surface area (Å²) >= 11 is 0. The van der Waals surface area contributed by atoms with Crippen molar-refractivity contribution >= 4 is 22.9 Å². The highest BCUT2D eigenvalue weighted by Crippen LogP contribution is 2.37. The van der Waals surface area contributed by atoms with E-state index in [-0.39, 0.29) is 24.0 Å². The van der Waals surface area contributed by atoms with E-state index < -0.39 is 0 Å². The third kappa shape index (κ3) is 3.99. The number of ketones is 2. The molecule has 27 heavy (non-hydrogen) atoms. The van der Waals surface area contributed by atoms with E-state index in [2.05, 4.69) is 26.5 Å². The van der Waals surface area contributed by atoms with Crippen molar-refractivity contribution in [2.24, 2.45) is 0 Å². The molecule has 0 heterocycles. The van der Waals surface area contributed by atoms with Gasteiger partial charge < -0.3 is 27.9 Å². The Morgan fingerprint density at radius 2 is 1.56 bits per heavy atom. The van der Waals surface area contributed by atoms with Crippen LogP contribution in [0, 0.1) is 6.92 Å². The van der Waals surface area contributed by atoms with E-state index in [0.717, 1.165) is 29.6 Å². The van der Waals surface area contributed by atoms with Crippen molar-refractivity contribution in [1.82, 2.24) is 0 Å². The summed E-state index contributed by atoms with van der Waals surface area (Å²) in [5.41, 5.74) is 9.70. The first-order valence-corrected chi connectivity index (χ1v) is 8.86. The standard InChI is InChI=1S/C21H25N3O2.ClH/c1-13-12-16(23-10-7-11-24(2,3)4)17-18(19(13)22)21(26)15-9-6-5-8-14(15)20(17)25;/h5-6,8-9,12H,7,10-11H2,1-4H3,(H2-,22,23,25,26);1H. The number of halogens is 1. The van der Waals surface area contributed by atoms with Crippen LogP contribution in [-0.2, 0) is 0 Å². The van der Waals surface area contributed by atoms with Crippen LogP contribution in [0.3, 0.4) is 0 Å². The van der Waals surface area contributed by atoms with Crippen molar-refractivity contribution in [1.29, 1.82) is 0 Å². The summed E-state index contributed by atoms with van der Waals surface area (Å²) in [7, 11) is 6.44. The minimum Gasteiger partial charge on any atom is -1.00 e. The van der Waals surface area contributed by atoms with Gasteiger partial charge in [-0.3, -0.25) is 9.59 Å². The normalized spacial score (nSPS) is 12.9. The van der Waals surface area contributed by atoms with Gasteiger partial charge in [-0.25, -0.2) is 0 Å². The summed E-state index contributed by atoms with van der Waals surface area (Å²) in [5.74, 6) is -0.318. The number of rotatable bonds is 5. The number of nitrogens with zero attached hydrogens (tertiary/aromatic N) is 1. The lowest BCUT2D eigenvalue weighted by molar-refractivity contribution is -0.870. The molecule has 0 radical (unpaired) electrons. The fourth-order valence-corrected chi connectivity index (χ4v) is 3.37. The van der Waals surface area contributed by atoms with Crippen LogP contribution < -0.4 is 23.5 Å². The molecule has 2 aromatic carbocycles. The van der Waals surface area contributed by atoms with E-state index in [4.69, 9.17) is 5.73 Å². The van der Waals surface area contributed by atoms with E-state index in [9.17, 15) is 9.59 Å². The predicted octanol–water partition coefficient (Wildman–Crippen LogP) is -0.135. The number of hydrogen-bond acceptors (Lipinski definition) is 4. The summed E-state index contributed by atoms with van der Waals surface area (Å²) in [5, 5.41) is 3.36. The smallest absolute Gasteiger partial charge is 0.196 e. The molecule has 1 aliphatic rings. The van der Waals surface area contributed by atoms with E-state index >= 15 is 0 Å². The molecule has 0 spiro atoms. The highest BCUT2D eigenvalue weighted by atomic mass is 35.5. The zero-order chi connectivity index (χ0) is 19.1. The second-order valence-corrected chi connectivity index (χ2v) is 7.90. The topological polar surface area (TPSA) is 72.2 Å². The van der Waals surface area contributed by atoms with E-state index in [1.807, 2.05) is 13.0 Å². The zero-order valence-electron chi connectivity index (χ0n) is 16.2. The molecule has 0 fully saturated rings. The quantitative estimate of drug-likeness (QED) is 0.363. The van der Waals surface area contributed by atoms with Crippen LogP contribution in [-0.4, -0.2) is 50.3 Å². The number of aryl methyl sites for hydroxylation is 1. The van der Waals surface area contributed by atoms with Gasteiger partial charge in [0.15, 0.2) is 11.6 Å². The van der Waals surface area contributed by atoms with Crippen LogP contribution in [0.25, 0.3) is 0 Å². The third-order valence-corrected chi connectivity index (χ3v) is 4.77. The Labute approximate surface area is 166 Å². The Morgan fingerprint density at radius 1 is 1.00 bits per heavy atom. The Morgan fingerprint density at radius 3 is 2.11 bits per heavy atom. The monoisotopic (exact) mass is 387 g/mol. The number of nitrogen functional groups attached to an aromatic ring is 1. The van der Waals surface area contributed by atoms with E-state index in [0.29, 0.717) is 33.6 Å². The maximum absolute atomic E-state index is 13.1. The molecule has 6 heteroatoms. The highest BCUT2D eigenvalue weighted by Gasteiger charge is 2.33. The summed E-state index contributed by atoms with van der Waals surface area (Å²) in [6.07, 6.45) is 0.959. The van der Waals surface area contributed by atoms with E-state index in [1.54, 1.807) is 24.3 Å². The average molecular weight is 388 g/mol. The number of carbonyl (C=O) groups excluding carboxylic acids is 2. The molecular formula is C21H26ClN3O2. The van der Waals surface area contributed by atoms with Crippen molar-refractivity contribution in [2.75, 3.05) is 45.3 Å². The Kier molecular flexibility index (Phi) is 5.97. The van der Waals surface area contributed by atoms with Gasteiger partial charge in [-0.05, 0) is 18.6 Å². The second kappa shape index (κ2) is 7.71. The molecule has 3 rings (SSSR count). The largest absolute Gasteiger partial charge is 1.00 e. The number of benzene rings is 2. The second-order valence-electron chi connectivity index (χ2n) is 7.90. The highest BCUT2D eigenvalue weighted by molar-refractivity contribution is 6.32. The first-order chi connectivity index (χ1) is 12.2. The van der Waals surface area contributed by atoms with Gasteiger partial charge in [-0.2, -0.15) is 0 Å². The van der Waals surface area contributed by atoms with Crippen molar-refractivity contribution in [3.05, 3.63) is 58.1 Å². The summed E-state index contributed by atoms with van der Waals surface area (Å²) < 4.78 is 0.880. The Bertz CT molecular complexity index is 901. The molecular weight excluding hydrogens is 362 g/mol. The van der Waals surface area contributed by atoms with Crippen LogP contribution in [0.1, 0.15) is 43.8 Å². The minimum atomic E-state index is -0.175. The molecule has 0 unspecified atom stereocenters. The molecule has 0 bridgehead atoms. The maximum Gasteiger partial charge on any atom is 0.196 e. The average Bonchev–Trinajstić information content (AvgIpc) is 2.58. The number of quaternary nitrogens is 1. The first kappa shape index (κ1) is 20.9. The molecule has 0 atom stereocenters. The number of anilines is 2. The maximum atomic E-state index is 13.1. The van der Waals surface area contributed by atoms with Crippen LogP contribution in [0.5, 0.6) is 0 Å². The van der Waals surface area contributed by atoms with Crippen LogP contribution in [0.2, 0.25) is 0 Å². The number of nitrogens with two attached hydrogens (primary N) is 1. The lowest BCUT2D eigenvalue weighted by Gasteiger charge is -2.25. The summed E-state index contributed by atoms with van der Waals surface area (Å²) in [4.78, 5) is 26.1. The van der Waals surface area contributed by atoms with Crippen LogP contribution in [0.15, 0.2) is 30.3 Å². The molecule has 0 aromatic heterocycles. The third-order valence-electron chi connectivity index (χ3n) is 4.77. The van der Waals surface area contributed by atoms with Gasteiger partial charge in [0.25, 0.3) is 0 Å². The van der Waals surface area contributed by atoms with Gasteiger partial charge in [0.2, 0.25) is 0 Å². The van der Waals surface area contributed by atoms with Crippen molar-refractivity contribution in [2.45, 2.75) is 13.3 Å². The SMILES string of the molecule is Cc1cc(NCCC[N+](C)(C)C)c2c(c1N)C(=O)c1ccccc1C2=O.[Cl-]. The predicted molar refractivity (Wildman–Crippen MR) is 105 cm³/mol.